The molecule has 2 atom stereocenters. The minimum atomic E-state index is -1.04. The molecular weight excluding hydrogens is 178 g/mol. The van der Waals surface area contributed by atoms with E-state index in [4.69, 9.17) is 5.11 Å². The largest absolute Gasteiger partial charge is 0.375 e. The summed E-state index contributed by atoms with van der Waals surface area (Å²) in [6.45, 7) is 1.32. The van der Waals surface area contributed by atoms with E-state index >= 15 is 0 Å². The highest BCUT2D eigenvalue weighted by Crippen LogP contribution is 2.02. The highest BCUT2D eigenvalue weighted by Gasteiger charge is 2.20. The third-order valence-electron chi connectivity index (χ3n) is 0.731. The number of nitro groups is 1. The van der Waals surface area contributed by atoms with Crippen molar-refractivity contribution in [1.29, 1.82) is 0 Å². The number of alkyl halides is 1. The molecule has 0 saturated carbocycles. The van der Waals surface area contributed by atoms with Crippen LogP contribution in [0.4, 0.5) is 0 Å². The Morgan fingerprint density at radius 2 is 2.25 bits per heavy atom. The highest BCUT2D eigenvalue weighted by molar-refractivity contribution is 9.09. The Balaban J connectivity index is 3.64. The van der Waals surface area contributed by atoms with E-state index in [0.717, 1.165) is 0 Å². The summed E-state index contributed by atoms with van der Waals surface area (Å²) in [6, 6.07) is -0.935. The zero-order valence-corrected chi connectivity index (χ0v) is 5.83. The zero-order valence-electron chi connectivity index (χ0n) is 4.24. The average Bonchev–Trinajstić information content (AvgIpc) is 1.64. The van der Waals surface area contributed by atoms with Gasteiger partial charge in [-0.2, -0.15) is 0 Å². The van der Waals surface area contributed by atoms with Gasteiger partial charge in [0.25, 0.3) is 0 Å². The Morgan fingerprint density at radius 1 is 1.88 bits per heavy atom. The molecule has 0 aromatic heterocycles. The van der Waals surface area contributed by atoms with Crippen LogP contribution >= 0.6 is 15.9 Å². The summed E-state index contributed by atoms with van der Waals surface area (Å²) in [6.07, 6.45) is 0. The maximum Gasteiger partial charge on any atom is 0.245 e. The van der Waals surface area contributed by atoms with Crippen molar-refractivity contribution in [1.82, 2.24) is 0 Å². The van der Waals surface area contributed by atoms with Gasteiger partial charge in [-0.3, -0.25) is 10.1 Å². The van der Waals surface area contributed by atoms with Crippen LogP contribution in [0.25, 0.3) is 0 Å². The molecule has 0 aliphatic carbocycles. The first-order valence-corrected chi connectivity index (χ1v) is 2.93. The van der Waals surface area contributed by atoms with Crippen molar-refractivity contribution < 1.29 is 10.0 Å². The molecule has 1 N–H and O–H groups in total. The predicted molar refractivity (Wildman–Crippen MR) is 31.4 cm³/mol. The van der Waals surface area contributed by atoms with Gasteiger partial charge in [-0.1, -0.05) is 15.9 Å². The van der Waals surface area contributed by atoms with Crippen LogP contribution < -0.4 is 0 Å². The smallest absolute Gasteiger partial charge is 0.245 e. The second kappa shape index (κ2) is 2.99. The fraction of sp³-hybridized carbons (Fsp3) is 1.00. The van der Waals surface area contributed by atoms with Gasteiger partial charge in [0.15, 0.2) is 5.01 Å². The lowest BCUT2D eigenvalue weighted by molar-refractivity contribution is -0.523. The molecule has 48 valence electrons. The van der Waals surface area contributed by atoms with Gasteiger partial charge in [0.1, 0.15) is 0 Å². The molecule has 0 fully saturated rings. The van der Waals surface area contributed by atoms with Gasteiger partial charge in [0.05, 0.1) is 0 Å². The Morgan fingerprint density at radius 3 is 2.25 bits per heavy atom. The van der Waals surface area contributed by atoms with Gasteiger partial charge in [-0.25, -0.2) is 0 Å². The molecule has 5 heteroatoms. The van der Waals surface area contributed by atoms with Crippen LogP contribution in [0.2, 0.25) is 0 Å². The standard InChI is InChI=1S/C3H6BrNO3/c1-2(3(4)6)5(7)8/h2-3,6H,1H3. The van der Waals surface area contributed by atoms with Crippen LogP contribution in [0.3, 0.4) is 0 Å². The molecule has 0 saturated heterocycles. The molecule has 2 unspecified atom stereocenters. The van der Waals surface area contributed by atoms with Crippen LogP contribution in [0.1, 0.15) is 6.92 Å². The summed E-state index contributed by atoms with van der Waals surface area (Å²) >= 11 is 2.65. The molecule has 0 aromatic carbocycles. The van der Waals surface area contributed by atoms with E-state index in [1.165, 1.54) is 6.92 Å². The van der Waals surface area contributed by atoms with Crippen LogP contribution in [-0.4, -0.2) is 21.1 Å². The molecule has 0 heterocycles. The molecular formula is C3H6BrNO3. The predicted octanol–water partition coefficient (Wildman–Crippen LogP) is 0.365. The molecule has 0 aliphatic rings. The number of nitrogens with zero attached hydrogens (tertiary/aromatic N) is 1. The van der Waals surface area contributed by atoms with Crippen molar-refractivity contribution in [3.05, 3.63) is 10.1 Å². The van der Waals surface area contributed by atoms with Crippen molar-refractivity contribution in [2.75, 3.05) is 0 Å². The second-order valence-electron chi connectivity index (χ2n) is 1.40. The van der Waals surface area contributed by atoms with Gasteiger partial charge in [-0.15, -0.1) is 0 Å². The Kier molecular flexibility index (Phi) is 2.93. The van der Waals surface area contributed by atoms with Gasteiger partial charge >= 0.3 is 0 Å². The molecule has 0 radical (unpaired) electrons. The van der Waals surface area contributed by atoms with Crippen molar-refractivity contribution in [3.63, 3.8) is 0 Å². The number of aliphatic hydroxyl groups is 1. The molecule has 0 amide bonds. The molecule has 0 bridgehead atoms. The monoisotopic (exact) mass is 183 g/mol. The second-order valence-corrected chi connectivity index (χ2v) is 2.34. The number of aliphatic hydroxyl groups excluding tert-OH is 1. The maximum absolute atomic E-state index is 9.76. The third kappa shape index (κ3) is 2.23. The van der Waals surface area contributed by atoms with E-state index in [0.29, 0.717) is 0 Å². The minimum Gasteiger partial charge on any atom is -0.375 e. The SMILES string of the molecule is CC(C(O)Br)[N+](=O)[O-]. The summed E-state index contributed by atoms with van der Waals surface area (Å²) in [7, 11) is 0. The third-order valence-corrected chi connectivity index (χ3v) is 1.50. The van der Waals surface area contributed by atoms with Crippen molar-refractivity contribution >= 4 is 15.9 Å². The summed E-state index contributed by atoms with van der Waals surface area (Å²) in [5, 5.41) is 17.2. The Hall–Kier alpha value is -0.160. The van der Waals surface area contributed by atoms with Crippen LogP contribution in [0.15, 0.2) is 0 Å². The lowest BCUT2D eigenvalue weighted by atomic mass is 10.4. The van der Waals surface area contributed by atoms with E-state index in [1.54, 1.807) is 0 Å². The van der Waals surface area contributed by atoms with Gasteiger partial charge in [0.2, 0.25) is 6.04 Å². The highest BCUT2D eigenvalue weighted by atomic mass is 79.9. The number of hydrogen-bond donors (Lipinski definition) is 1. The molecule has 0 aliphatic heterocycles. The zero-order chi connectivity index (χ0) is 6.73. The lowest BCUT2D eigenvalue weighted by Crippen LogP contribution is -2.25. The topological polar surface area (TPSA) is 63.4 Å². The Bertz CT molecular complexity index is 94.5. The minimum absolute atomic E-state index is 0.556. The van der Waals surface area contributed by atoms with E-state index in [-0.39, 0.29) is 0 Å². The molecule has 0 rings (SSSR count). The van der Waals surface area contributed by atoms with E-state index < -0.39 is 16.0 Å². The first-order chi connectivity index (χ1) is 3.55. The lowest BCUT2D eigenvalue weighted by Gasteiger charge is -2.02. The molecule has 0 aromatic rings. The van der Waals surface area contributed by atoms with Crippen LogP contribution in [0.5, 0.6) is 0 Å². The summed E-state index contributed by atoms with van der Waals surface area (Å²) in [5.41, 5.74) is 0. The fourth-order valence-corrected chi connectivity index (χ4v) is 0.293. The fourth-order valence-electron chi connectivity index (χ4n) is 0.100. The average molecular weight is 184 g/mol. The maximum atomic E-state index is 9.76. The summed E-state index contributed by atoms with van der Waals surface area (Å²) in [5.74, 6) is 0. The first-order valence-electron chi connectivity index (χ1n) is 2.01. The Labute approximate surface area is 54.8 Å². The number of halogens is 1. The number of rotatable bonds is 2. The van der Waals surface area contributed by atoms with Crippen molar-refractivity contribution in [2.45, 2.75) is 18.0 Å². The molecule has 4 nitrogen and oxygen atoms in total. The molecule has 8 heavy (non-hydrogen) atoms. The number of hydrogen-bond acceptors (Lipinski definition) is 3. The van der Waals surface area contributed by atoms with Gasteiger partial charge in [0, 0.05) is 11.8 Å². The summed E-state index contributed by atoms with van der Waals surface area (Å²) < 4.78 is 0. The van der Waals surface area contributed by atoms with Gasteiger partial charge in [-0.05, 0) is 0 Å². The van der Waals surface area contributed by atoms with Gasteiger partial charge < -0.3 is 5.11 Å². The normalized spacial score (nSPS) is 17.4. The van der Waals surface area contributed by atoms with Crippen LogP contribution in [0, 0.1) is 10.1 Å². The summed E-state index contributed by atoms with van der Waals surface area (Å²) in [4.78, 5) is 9.20. The van der Waals surface area contributed by atoms with E-state index in [2.05, 4.69) is 15.9 Å². The van der Waals surface area contributed by atoms with Crippen molar-refractivity contribution in [3.8, 4) is 0 Å². The van der Waals surface area contributed by atoms with Crippen LogP contribution in [-0.2, 0) is 0 Å². The molecule has 0 spiro atoms. The first kappa shape index (κ1) is 7.84. The van der Waals surface area contributed by atoms with E-state index in [1.807, 2.05) is 0 Å². The van der Waals surface area contributed by atoms with E-state index in [9.17, 15) is 10.1 Å². The quantitative estimate of drug-likeness (QED) is 0.383. The van der Waals surface area contributed by atoms with Crippen molar-refractivity contribution in [2.24, 2.45) is 0 Å².